The van der Waals surface area contributed by atoms with Crippen LogP contribution in [0.25, 0.3) is 0 Å². The topological polar surface area (TPSA) is 105 Å². The maximum absolute atomic E-state index is 14.0. The van der Waals surface area contributed by atoms with Crippen molar-refractivity contribution in [3.05, 3.63) is 83.4 Å². The van der Waals surface area contributed by atoms with Crippen LogP contribution in [0, 0.1) is 5.92 Å². The Hall–Kier alpha value is -3.76. The van der Waals surface area contributed by atoms with E-state index < -0.39 is 28.5 Å². The zero-order valence-corrected chi connectivity index (χ0v) is 25.4. The van der Waals surface area contributed by atoms with Crippen LogP contribution in [0.4, 0.5) is 5.69 Å². The zero-order valence-electron chi connectivity index (χ0n) is 23.8. The van der Waals surface area contributed by atoms with Crippen molar-refractivity contribution >= 4 is 39.1 Å². The van der Waals surface area contributed by atoms with Gasteiger partial charge in [0, 0.05) is 24.2 Å². The number of carbonyl (C=O) groups is 2. The minimum atomic E-state index is -4.29. The lowest BCUT2D eigenvalue weighted by Gasteiger charge is -2.32. The molecule has 11 heteroatoms. The molecule has 1 atom stereocenters. The van der Waals surface area contributed by atoms with Crippen LogP contribution < -0.4 is 19.1 Å². The van der Waals surface area contributed by atoms with Gasteiger partial charge >= 0.3 is 0 Å². The lowest BCUT2D eigenvalue weighted by Crippen LogP contribution is -2.51. The number of nitrogens with zero attached hydrogens (tertiary/aromatic N) is 2. The Morgan fingerprint density at radius 1 is 0.902 bits per heavy atom. The van der Waals surface area contributed by atoms with E-state index in [9.17, 15) is 18.0 Å². The Morgan fingerprint density at radius 2 is 1.54 bits per heavy atom. The number of nitrogens with one attached hydrogen (secondary N) is 1. The number of ether oxygens (including phenoxy) is 2. The Bertz CT molecular complexity index is 1430. The molecule has 1 N–H and O–H groups in total. The summed E-state index contributed by atoms with van der Waals surface area (Å²) in [5.74, 6) is -0.0896. The standard InChI is InChI=1S/C30H36ClN3O6S/c1-21(2)18-32-30(36)22(3)33(19-23-9-7-6-8-10-23)29(35)20-34(25-13-11-24(31)12-14-25)41(37,38)26-15-16-27(39-4)28(17-26)40-5/h6-17,21-22H,18-20H2,1-5H3,(H,32,36)/t22-/m1/s1. The molecular weight excluding hydrogens is 566 g/mol. The van der Waals surface area contributed by atoms with Gasteiger partial charge in [0.2, 0.25) is 11.8 Å². The third kappa shape index (κ3) is 8.14. The average Bonchev–Trinajstić information content (AvgIpc) is 2.97. The van der Waals surface area contributed by atoms with Gasteiger partial charge in [0.15, 0.2) is 11.5 Å². The van der Waals surface area contributed by atoms with Gasteiger partial charge in [-0.1, -0.05) is 55.8 Å². The van der Waals surface area contributed by atoms with E-state index in [1.54, 1.807) is 19.1 Å². The molecule has 0 heterocycles. The van der Waals surface area contributed by atoms with Gasteiger partial charge in [-0.05, 0) is 54.8 Å². The molecule has 0 saturated heterocycles. The smallest absolute Gasteiger partial charge is 0.264 e. The van der Waals surface area contributed by atoms with E-state index in [2.05, 4.69) is 5.32 Å². The fourth-order valence-electron chi connectivity index (χ4n) is 4.06. The van der Waals surface area contributed by atoms with Gasteiger partial charge < -0.3 is 19.7 Å². The normalized spacial score (nSPS) is 12.0. The predicted octanol–water partition coefficient (Wildman–Crippen LogP) is 4.74. The van der Waals surface area contributed by atoms with Crippen molar-refractivity contribution < 1.29 is 27.5 Å². The molecule has 3 aromatic carbocycles. The van der Waals surface area contributed by atoms with Gasteiger partial charge in [0.25, 0.3) is 10.0 Å². The largest absolute Gasteiger partial charge is 0.493 e. The summed E-state index contributed by atoms with van der Waals surface area (Å²) in [4.78, 5) is 28.3. The van der Waals surface area contributed by atoms with Gasteiger partial charge in [0.1, 0.15) is 12.6 Å². The van der Waals surface area contributed by atoms with E-state index >= 15 is 0 Å². The summed E-state index contributed by atoms with van der Waals surface area (Å²) < 4.78 is 39.6. The molecule has 0 fully saturated rings. The Kier molecular flexibility index (Phi) is 11.0. The van der Waals surface area contributed by atoms with Crippen LogP contribution in [0.3, 0.4) is 0 Å². The first kappa shape index (κ1) is 31.8. The lowest BCUT2D eigenvalue weighted by atomic mass is 10.1. The predicted molar refractivity (Wildman–Crippen MR) is 160 cm³/mol. The quantitative estimate of drug-likeness (QED) is 0.303. The van der Waals surface area contributed by atoms with Crippen LogP contribution in [-0.4, -0.2) is 58.5 Å². The number of halogens is 1. The number of amides is 2. The molecule has 3 rings (SSSR count). The average molecular weight is 602 g/mol. The number of hydrogen-bond acceptors (Lipinski definition) is 6. The highest BCUT2D eigenvalue weighted by molar-refractivity contribution is 7.92. The van der Waals surface area contributed by atoms with E-state index in [-0.39, 0.29) is 34.7 Å². The first-order valence-electron chi connectivity index (χ1n) is 13.1. The molecule has 0 unspecified atom stereocenters. The lowest BCUT2D eigenvalue weighted by molar-refractivity contribution is -0.139. The second-order valence-corrected chi connectivity index (χ2v) is 12.1. The summed E-state index contributed by atoms with van der Waals surface area (Å²) in [5.41, 5.74) is 1.03. The minimum Gasteiger partial charge on any atom is -0.493 e. The Balaban J connectivity index is 2.04. The van der Waals surface area contributed by atoms with Crippen LogP contribution in [0.2, 0.25) is 5.02 Å². The van der Waals surface area contributed by atoms with Gasteiger partial charge in [-0.3, -0.25) is 13.9 Å². The first-order valence-corrected chi connectivity index (χ1v) is 14.9. The second-order valence-electron chi connectivity index (χ2n) is 9.83. The van der Waals surface area contributed by atoms with Crippen LogP contribution in [0.5, 0.6) is 11.5 Å². The zero-order chi connectivity index (χ0) is 30.2. The maximum atomic E-state index is 14.0. The van der Waals surface area contributed by atoms with Crippen LogP contribution in [0.1, 0.15) is 26.3 Å². The number of hydrogen-bond donors (Lipinski definition) is 1. The molecule has 0 aliphatic heterocycles. The number of rotatable bonds is 13. The summed E-state index contributed by atoms with van der Waals surface area (Å²) in [6.07, 6.45) is 0. The summed E-state index contributed by atoms with van der Waals surface area (Å²) in [6.45, 7) is 5.57. The van der Waals surface area contributed by atoms with Crippen molar-refractivity contribution in [2.45, 2.75) is 38.3 Å². The number of benzene rings is 3. The molecule has 0 saturated carbocycles. The third-order valence-corrected chi connectivity index (χ3v) is 8.41. The maximum Gasteiger partial charge on any atom is 0.264 e. The summed E-state index contributed by atoms with van der Waals surface area (Å²) >= 11 is 6.08. The number of sulfonamides is 1. The fraction of sp³-hybridized carbons (Fsp3) is 0.333. The molecule has 220 valence electrons. The second kappa shape index (κ2) is 14.2. The highest BCUT2D eigenvalue weighted by Crippen LogP contribution is 2.32. The van der Waals surface area contributed by atoms with E-state index in [0.717, 1.165) is 9.87 Å². The fourth-order valence-corrected chi connectivity index (χ4v) is 5.61. The van der Waals surface area contributed by atoms with Crippen molar-refractivity contribution in [2.75, 3.05) is 31.6 Å². The summed E-state index contributed by atoms with van der Waals surface area (Å²) in [7, 11) is -1.43. The monoisotopic (exact) mass is 601 g/mol. The number of carbonyl (C=O) groups excluding carboxylic acids is 2. The molecule has 0 spiro atoms. The molecule has 3 aromatic rings. The van der Waals surface area contributed by atoms with E-state index in [1.165, 1.54) is 49.5 Å². The Labute approximate surface area is 247 Å². The van der Waals surface area contributed by atoms with E-state index in [4.69, 9.17) is 21.1 Å². The molecule has 2 amide bonds. The number of anilines is 1. The molecule has 0 aromatic heterocycles. The van der Waals surface area contributed by atoms with E-state index in [1.807, 2.05) is 44.2 Å². The van der Waals surface area contributed by atoms with Gasteiger partial charge in [-0.25, -0.2) is 8.42 Å². The van der Waals surface area contributed by atoms with Gasteiger partial charge in [0.05, 0.1) is 24.8 Å². The number of methoxy groups -OCH3 is 2. The molecule has 41 heavy (non-hydrogen) atoms. The summed E-state index contributed by atoms with van der Waals surface area (Å²) in [6, 6.07) is 18.7. The highest BCUT2D eigenvalue weighted by Gasteiger charge is 2.33. The molecule has 0 aliphatic carbocycles. The molecular formula is C30H36ClN3O6S. The van der Waals surface area contributed by atoms with Crippen molar-refractivity contribution in [1.29, 1.82) is 0 Å². The first-order chi connectivity index (χ1) is 19.5. The van der Waals surface area contributed by atoms with Crippen molar-refractivity contribution in [2.24, 2.45) is 5.92 Å². The van der Waals surface area contributed by atoms with Crippen molar-refractivity contribution in [3.63, 3.8) is 0 Å². The summed E-state index contributed by atoms with van der Waals surface area (Å²) in [5, 5.41) is 3.28. The SMILES string of the molecule is COc1ccc(S(=O)(=O)N(CC(=O)N(Cc2ccccc2)[C@H](C)C(=O)NCC(C)C)c2ccc(Cl)cc2)cc1OC. The highest BCUT2D eigenvalue weighted by atomic mass is 35.5. The molecule has 0 aliphatic rings. The van der Waals surface area contributed by atoms with Crippen molar-refractivity contribution in [1.82, 2.24) is 10.2 Å². The van der Waals surface area contributed by atoms with Crippen molar-refractivity contribution in [3.8, 4) is 11.5 Å². The Morgan fingerprint density at radius 3 is 2.12 bits per heavy atom. The third-order valence-electron chi connectivity index (χ3n) is 6.38. The molecule has 0 bridgehead atoms. The van der Waals surface area contributed by atoms with Gasteiger partial charge in [-0.2, -0.15) is 0 Å². The van der Waals surface area contributed by atoms with E-state index in [0.29, 0.717) is 17.3 Å². The van der Waals surface area contributed by atoms with Gasteiger partial charge in [-0.15, -0.1) is 0 Å². The van der Waals surface area contributed by atoms with Crippen LogP contribution >= 0.6 is 11.6 Å². The molecule has 9 nitrogen and oxygen atoms in total. The minimum absolute atomic E-state index is 0.102. The van der Waals surface area contributed by atoms with Crippen LogP contribution in [0.15, 0.2) is 77.7 Å². The van der Waals surface area contributed by atoms with Crippen LogP contribution in [-0.2, 0) is 26.2 Å². The molecule has 0 radical (unpaired) electrons.